The number of aryl methyl sites for hydroxylation is 1. The highest BCUT2D eigenvalue weighted by molar-refractivity contribution is 5.96. The normalized spacial score (nSPS) is 17.9. The van der Waals surface area contributed by atoms with Gasteiger partial charge in [0.25, 0.3) is 5.91 Å². The zero-order valence-corrected chi connectivity index (χ0v) is 10.9. The molecule has 6 heteroatoms. The van der Waals surface area contributed by atoms with Crippen molar-refractivity contribution in [3.63, 3.8) is 0 Å². The van der Waals surface area contributed by atoms with Crippen LogP contribution in [0.5, 0.6) is 0 Å². The Kier molecular flexibility index (Phi) is 3.90. The van der Waals surface area contributed by atoms with Crippen molar-refractivity contribution in [2.45, 2.75) is 31.8 Å². The minimum Gasteiger partial charge on any atom is -0.480 e. The zero-order valence-electron chi connectivity index (χ0n) is 10.9. The van der Waals surface area contributed by atoms with Gasteiger partial charge in [0.05, 0.1) is 0 Å². The molecule has 0 bridgehead atoms. The van der Waals surface area contributed by atoms with E-state index in [9.17, 15) is 14.7 Å². The number of hydrogen-bond donors (Lipinski definition) is 2. The zero-order chi connectivity index (χ0) is 13.9. The number of carbonyl (C=O) groups is 2. The van der Waals surface area contributed by atoms with Crippen LogP contribution in [0, 0.1) is 0 Å². The fourth-order valence-corrected chi connectivity index (χ4v) is 2.29. The third kappa shape index (κ3) is 2.63. The molecule has 0 aliphatic carbocycles. The number of hydrogen-bond acceptors (Lipinski definition) is 3. The number of carboxylic acid groups (broad SMARTS) is 1. The average molecular weight is 266 g/mol. The van der Waals surface area contributed by atoms with Crippen molar-refractivity contribution in [3.05, 3.63) is 24.0 Å². The average Bonchev–Trinajstić information content (AvgIpc) is 2.88. The number of aliphatic carboxylic acids is 1. The molecule has 2 heterocycles. The van der Waals surface area contributed by atoms with Gasteiger partial charge >= 0.3 is 5.97 Å². The number of carboxylic acids is 1. The number of rotatable bonds is 4. The van der Waals surface area contributed by atoms with Gasteiger partial charge in [0.1, 0.15) is 11.2 Å². The van der Waals surface area contributed by atoms with Gasteiger partial charge in [0.15, 0.2) is 0 Å². The molecule has 0 saturated carbocycles. The standard InChI is InChI=1S/C13H18N2O4/c1-2-15-7-3-4-10(15)11(16)14-13(12(17)18)5-8-19-9-6-13/h3-4,7H,2,5-6,8-9H2,1H3,(H,14,16)(H,17,18). The molecule has 1 aromatic rings. The summed E-state index contributed by atoms with van der Waals surface area (Å²) in [6.45, 7) is 3.29. The monoisotopic (exact) mass is 266 g/mol. The quantitative estimate of drug-likeness (QED) is 0.847. The van der Waals surface area contributed by atoms with E-state index in [1.807, 2.05) is 6.92 Å². The maximum absolute atomic E-state index is 12.2. The molecule has 0 aromatic carbocycles. The molecule has 19 heavy (non-hydrogen) atoms. The molecule has 0 atom stereocenters. The summed E-state index contributed by atoms with van der Waals surface area (Å²) in [6.07, 6.45) is 2.38. The molecule has 1 fully saturated rings. The van der Waals surface area contributed by atoms with Gasteiger partial charge in [-0.2, -0.15) is 0 Å². The first-order valence-corrected chi connectivity index (χ1v) is 6.38. The molecule has 0 unspecified atom stereocenters. The van der Waals surface area contributed by atoms with E-state index in [0.717, 1.165) is 0 Å². The Hall–Kier alpha value is -1.82. The fraction of sp³-hybridized carbons (Fsp3) is 0.538. The van der Waals surface area contributed by atoms with E-state index in [1.54, 1.807) is 22.9 Å². The molecule has 104 valence electrons. The first-order chi connectivity index (χ1) is 9.09. The molecule has 2 N–H and O–H groups in total. The first-order valence-electron chi connectivity index (χ1n) is 6.38. The Morgan fingerprint density at radius 2 is 2.16 bits per heavy atom. The van der Waals surface area contributed by atoms with Crippen molar-refractivity contribution in [1.29, 1.82) is 0 Å². The molecular weight excluding hydrogens is 248 g/mol. The topological polar surface area (TPSA) is 80.6 Å². The fourth-order valence-electron chi connectivity index (χ4n) is 2.29. The highest BCUT2D eigenvalue weighted by atomic mass is 16.5. The lowest BCUT2D eigenvalue weighted by Crippen LogP contribution is -2.57. The van der Waals surface area contributed by atoms with Crippen LogP contribution < -0.4 is 5.32 Å². The van der Waals surface area contributed by atoms with E-state index in [1.165, 1.54) is 0 Å². The van der Waals surface area contributed by atoms with Crippen LogP contribution in [0.15, 0.2) is 18.3 Å². The lowest BCUT2D eigenvalue weighted by Gasteiger charge is -2.33. The number of amides is 1. The SMILES string of the molecule is CCn1cccc1C(=O)NC1(C(=O)O)CCOCC1. The Balaban J connectivity index is 2.18. The smallest absolute Gasteiger partial charge is 0.329 e. The molecule has 0 radical (unpaired) electrons. The van der Waals surface area contributed by atoms with Crippen molar-refractivity contribution in [2.75, 3.05) is 13.2 Å². The molecule has 1 aliphatic heterocycles. The maximum atomic E-state index is 12.2. The van der Waals surface area contributed by atoms with E-state index >= 15 is 0 Å². The highest BCUT2D eigenvalue weighted by Gasteiger charge is 2.42. The number of nitrogens with zero attached hydrogens (tertiary/aromatic N) is 1. The Morgan fingerprint density at radius 3 is 2.74 bits per heavy atom. The van der Waals surface area contributed by atoms with Crippen LogP contribution in [-0.2, 0) is 16.1 Å². The van der Waals surface area contributed by atoms with Crippen LogP contribution in [0.2, 0.25) is 0 Å². The van der Waals surface area contributed by atoms with Gasteiger partial charge in [-0.1, -0.05) is 0 Å². The van der Waals surface area contributed by atoms with Gasteiger partial charge in [-0.25, -0.2) is 4.79 Å². The number of ether oxygens (including phenoxy) is 1. The second-order valence-corrected chi connectivity index (χ2v) is 4.63. The Labute approximate surface area is 111 Å². The van der Waals surface area contributed by atoms with Crippen LogP contribution in [0.1, 0.15) is 30.3 Å². The van der Waals surface area contributed by atoms with E-state index in [0.29, 0.717) is 38.3 Å². The summed E-state index contributed by atoms with van der Waals surface area (Å²) in [5.74, 6) is -1.35. The molecule has 1 aromatic heterocycles. The van der Waals surface area contributed by atoms with Crippen molar-refractivity contribution in [2.24, 2.45) is 0 Å². The van der Waals surface area contributed by atoms with Crippen LogP contribution >= 0.6 is 0 Å². The lowest BCUT2D eigenvalue weighted by atomic mass is 9.90. The summed E-state index contributed by atoms with van der Waals surface area (Å²) in [6, 6.07) is 3.46. The molecule has 0 spiro atoms. The minimum absolute atomic E-state index is 0.293. The van der Waals surface area contributed by atoms with E-state index < -0.39 is 11.5 Å². The number of carbonyl (C=O) groups excluding carboxylic acids is 1. The summed E-state index contributed by atoms with van der Waals surface area (Å²) < 4.78 is 6.95. The van der Waals surface area contributed by atoms with E-state index in [-0.39, 0.29) is 5.91 Å². The molecule has 1 amide bonds. The second-order valence-electron chi connectivity index (χ2n) is 4.63. The van der Waals surface area contributed by atoms with E-state index in [2.05, 4.69) is 5.32 Å². The van der Waals surface area contributed by atoms with Gasteiger partial charge < -0.3 is 19.7 Å². The molecule has 1 aliphatic rings. The van der Waals surface area contributed by atoms with Crippen molar-refractivity contribution in [3.8, 4) is 0 Å². The largest absolute Gasteiger partial charge is 0.480 e. The molecule has 2 rings (SSSR count). The van der Waals surface area contributed by atoms with Crippen molar-refractivity contribution in [1.82, 2.24) is 9.88 Å². The number of aromatic nitrogens is 1. The predicted octanol–water partition coefficient (Wildman–Crippen LogP) is 0.872. The second kappa shape index (κ2) is 5.44. The van der Waals surface area contributed by atoms with Crippen LogP contribution in [-0.4, -0.2) is 40.3 Å². The summed E-state index contributed by atoms with van der Waals surface area (Å²) >= 11 is 0. The van der Waals surface area contributed by atoms with Crippen LogP contribution in [0.25, 0.3) is 0 Å². The summed E-state index contributed by atoms with van der Waals surface area (Å²) in [7, 11) is 0. The summed E-state index contributed by atoms with van der Waals surface area (Å²) in [5.41, 5.74) is -0.729. The predicted molar refractivity (Wildman–Crippen MR) is 68.0 cm³/mol. The lowest BCUT2D eigenvalue weighted by molar-refractivity contribution is -0.148. The van der Waals surface area contributed by atoms with Gasteiger partial charge in [-0.15, -0.1) is 0 Å². The highest BCUT2D eigenvalue weighted by Crippen LogP contribution is 2.21. The van der Waals surface area contributed by atoms with Gasteiger partial charge in [-0.05, 0) is 19.1 Å². The van der Waals surface area contributed by atoms with E-state index in [4.69, 9.17) is 4.74 Å². The Morgan fingerprint density at radius 1 is 1.47 bits per heavy atom. The molecule has 1 saturated heterocycles. The first kappa shape index (κ1) is 13.6. The summed E-state index contributed by atoms with van der Waals surface area (Å²) in [4.78, 5) is 23.7. The van der Waals surface area contributed by atoms with Gasteiger partial charge in [0.2, 0.25) is 0 Å². The number of nitrogens with one attached hydrogen (secondary N) is 1. The third-order valence-electron chi connectivity index (χ3n) is 3.51. The molecular formula is C13H18N2O4. The molecule has 6 nitrogen and oxygen atoms in total. The van der Waals surface area contributed by atoms with Gasteiger partial charge in [-0.3, -0.25) is 4.79 Å². The van der Waals surface area contributed by atoms with Crippen LogP contribution in [0.3, 0.4) is 0 Å². The van der Waals surface area contributed by atoms with Crippen molar-refractivity contribution >= 4 is 11.9 Å². The van der Waals surface area contributed by atoms with Crippen LogP contribution in [0.4, 0.5) is 0 Å². The minimum atomic E-state index is -1.21. The third-order valence-corrected chi connectivity index (χ3v) is 3.51. The maximum Gasteiger partial charge on any atom is 0.329 e. The summed E-state index contributed by atoms with van der Waals surface area (Å²) in [5, 5.41) is 12.1. The Bertz CT molecular complexity index is 475. The van der Waals surface area contributed by atoms with Gasteiger partial charge in [0, 0.05) is 38.8 Å². The van der Waals surface area contributed by atoms with Crippen molar-refractivity contribution < 1.29 is 19.4 Å².